The summed E-state index contributed by atoms with van der Waals surface area (Å²) >= 11 is 0. The van der Waals surface area contributed by atoms with E-state index < -0.39 is 0 Å². The van der Waals surface area contributed by atoms with Crippen LogP contribution in [0.15, 0.2) is 24.8 Å². The molecule has 0 aromatic heterocycles. The van der Waals surface area contributed by atoms with Gasteiger partial charge in [0.05, 0.1) is 0 Å². The van der Waals surface area contributed by atoms with Crippen LogP contribution < -0.4 is 4.74 Å². The lowest BCUT2D eigenvalue weighted by Crippen LogP contribution is -2.11. The van der Waals surface area contributed by atoms with Gasteiger partial charge in [-0.15, -0.1) is 0 Å². The molecule has 0 radical (unpaired) electrons. The molecular weight excluding hydrogens is 260 g/mol. The Bertz CT molecular complexity index is 516. The van der Waals surface area contributed by atoms with Crippen molar-refractivity contribution in [2.75, 3.05) is 0 Å². The van der Waals surface area contributed by atoms with Crippen LogP contribution in [0.4, 0.5) is 0 Å². The Labute approximate surface area is 128 Å². The van der Waals surface area contributed by atoms with Gasteiger partial charge in [-0.25, -0.2) is 0 Å². The van der Waals surface area contributed by atoms with Gasteiger partial charge in [-0.3, -0.25) is 4.79 Å². The van der Waals surface area contributed by atoms with Gasteiger partial charge in [-0.1, -0.05) is 45.6 Å². The average Bonchev–Trinajstić information content (AvgIpc) is 2.79. The highest BCUT2D eigenvalue weighted by atomic mass is 16.5. The second-order valence-electron chi connectivity index (χ2n) is 5.96. The fraction of sp³-hybridized carbons (Fsp3) is 0.526. The summed E-state index contributed by atoms with van der Waals surface area (Å²) in [5.74, 6) is 0.964. The largest absolute Gasteiger partial charge is 0.485 e. The summed E-state index contributed by atoms with van der Waals surface area (Å²) in [5.41, 5.74) is 2.78. The summed E-state index contributed by atoms with van der Waals surface area (Å²) in [6.45, 7) is 8.00. The van der Waals surface area contributed by atoms with Crippen molar-refractivity contribution < 1.29 is 9.53 Å². The molecule has 2 rings (SSSR count). The first-order chi connectivity index (χ1) is 10.1. The van der Waals surface area contributed by atoms with Gasteiger partial charge in [0.2, 0.25) is 0 Å². The molecule has 1 aliphatic rings. The Kier molecular flexibility index (Phi) is 5.60. The minimum absolute atomic E-state index is 0.0879. The maximum atomic E-state index is 11.5. The molecule has 114 valence electrons. The van der Waals surface area contributed by atoms with Crippen LogP contribution in [0.3, 0.4) is 0 Å². The number of carbonyl (C=O) groups excluding carboxylic acids is 1. The molecule has 0 aliphatic carbocycles. The fourth-order valence-electron chi connectivity index (χ4n) is 2.84. The highest BCUT2D eigenvalue weighted by molar-refractivity contribution is 5.95. The Morgan fingerprint density at radius 2 is 1.90 bits per heavy atom. The van der Waals surface area contributed by atoms with Crippen molar-refractivity contribution in [3.63, 3.8) is 0 Å². The lowest BCUT2D eigenvalue weighted by atomic mass is 9.97. The topological polar surface area (TPSA) is 26.3 Å². The minimum atomic E-state index is 0.0879. The van der Waals surface area contributed by atoms with Crippen LogP contribution in [-0.4, -0.2) is 11.9 Å². The summed E-state index contributed by atoms with van der Waals surface area (Å²) in [4.78, 5) is 11.5. The van der Waals surface area contributed by atoms with E-state index in [2.05, 4.69) is 13.5 Å². The van der Waals surface area contributed by atoms with Gasteiger partial charge >= 0.3 is 0 Å². The number of ketones is 1. The van der Waals surface area contributed by atoms with Crippen LogP contribution in [0.1, 0.15) is 74.7 Å². The zero-order valence-electron chi connectivity index (χ0n) is 13.3. The summed E-state index contributed by atoms with van der Waals surface area (Å²) < 4.78 is 5.97. The number of ether oxygens (including phenoxy) is 1. The molecule has 0 spiro atoms. The molecule has 1 atom stereocenters. The van der Waals surface area contributed by atoms with E-state index in [1.54, 1.807) is 6.92 Å². The van der Waals surface area contributed by atoms with Crippen molar-refractivity contribution in [2.45, 2.75) is 64.9 Å². The molecule has 1 aliphatic heterocycles. The van der Waals surface area contributed by atoms with Gasteiger partial charge in [0.25, 0.3) is 0 Å². The van der Waals surface area contributed by atoms with E-state index in [0.717, 1.165) is 28.9 Å². The fourth-order valence-corrected chi connectivity index (χ4v) is 2.84. The average molecular weight is 286 g/mol. The van der Waals surface area contributed by atoms with E-state index in [0.29, 0.717) is 0 Å². The predicted octanol–water partition coefficient (Wildman–Crippen LogP) is 5.41. The summed E-state index contributed by atoms with van der Waals surface area (Å²) in [6.07, 6.45) is 8.84. The third-order valence-corrected chi connectivity index (χ3v) is 4.21. The molecule has 21 heavy (non-hydrogen) atoms. The second kappa shape index (κ2) is 7.44. The number of hydrogen-bond acceptors (Lipinski definition) is 2. The van der Waals surface area contributed by atoms with Crippen molar-refractivity contribution in [1.29, 1.82) is 0 Å². The lowest BCUT2D eigenvalue weighted by molar-refractivity contribution is 0.101. The molecule has 0 saturated carbocycles. The van der Waals surface area contributed by atoms with Gasteiger partial charge in [0.15, 0.2) is 5.78 Å². The van der Waals surface area contributed by atoms with Crippen molar-refractivity contribution in [2.24, 2.45) is 0 Å². The number of rotatable bonds is 8. The maximum Gasteiger partial charge on any atom is 0.159 e. The number of fused-ring (bicyclic) bond motifs is 1. The Morgan fingerprint density at radius 3 is 2.62 bits per heavy atom. The van der Waals surface area contributed by atoms with E-state index in [-0.39, 0.29) is 11.9 Å². The van der Waals surface area contributed by atoms with E-state index in [1.165, 1.54) is 38.5 Å². The minimum Gasteiger partial charge on any atom is -0.485 e. The third-order valence-electron chi connectivity index (χ3n) is 4.21. The molecule has 1 unspecified atom stereocenters. The highest BCUT2D eigenvalue weighted by Gasteiger charge is 2.27. The molecule has 0 fully saturated rings. The number of benzene rings is 1. The van der Waals surface area contributed by atoms with Crippen LogP contribution in [0.5, 0.6) is 5.75 Å². The molecule has 0 amide bonds. The number of carbonyl (C=O) groups is 1. The molecule has 2 nitrogen and oxygen atoms in total. The standard InChI is InChI=1S/C19H26O2/c1-4-5-6-7-8-9-10-18-14(2)17-13-16(15(3)20)11-12-19(17)21-18/h11-13,18H,2,4-10H2,1,3H3. The van der Waals surface area contributed by atoms with Gasteiger partial charge in [0.1, 0.15) is 11.9 Å². The monoisotopic (exact) mass is 286 g/mol. The van der Waals surface area contributed by atoms with Gasteiger partial charge in [-0.2, -0.15) is 0 Å². The summed E-state index contributed by atoms with van der Waals surface area (Å²) in [5, 5.41) is 0. The zero-order chi connectivity index (χ0) is 15.2. The summed E-state index contributed by atoms with van der Waals surface area (Å²) in [6, 6.07) is 5.65. The Balaban J connectivity index is 1.85. The van der Waals surface area contributed by atoms with Gasteiger partial charge in [0, 0.05) is 11.1 Å². The molecule has 2 heteroatoms. The third kappa shape index (κ3) is 3.96. The Morgan fingerprint density at radius 1 is 1.19 bits per heavy atom. The van der Waals surface area contributed by atoms with Crippen LogP contribution in [0.2, 0.25) is 0 Å². The molecule has 0 bridgehead atoms. The number of Topliss-reactive ketones (excluding diaryl/α,β-unsaturated/α-hetero) is 1. The van der Waals surface area contributed by atoms with E-state index in [1.807, 2.05) is 18.2 Å². The first-order valence-electron chi connectivity index (χ1n) is 8.14. The smallest absolute Gasteiger partial charge is 0.159 e. The number of unbranched alkanes of at least 4 members (excludes halogenated alkanes) is 5. The molecule has 1 aromatic rings. The maximum absolute atomic E-state index is 11.5. The molecule has 1 aromatic carbocycles. The normalized spacial score (nSPS) is 16.7. The quantitative estimate of drug-likeness (QED) is 0.471. The van der Waals surface area contributed by atoms with E-state index in [9.17, 15) is 4.79 Å². The Hall–Kier alpha value is -1.57. The van der Waals surface area contributed by atoms with Crippen LogP contribution in [0, 0.1) is 0 Å². The molecule has 1 heterocycles. The first-order valence-corrected chi connectivity index (χ1v) is 8.14. The van der Waals surface area contributed by atoms with Gasteiger partial charge in [-0.05, 0) is 43.5 Å². The SMILES string of the molecule is C=C1c2cc(C(C)=O)ccc2OC1CCCCCCCC. The van der Waals surface area contributed by atoms with E-state index >= 15 is 0 Å². The van der Waals surface area contributed by atoms with Crippen molar-refractivity contribution >= 4 is 11.4 Å². The lowest BCUT2D eigenvalue weighted by Gasteiger charge is -2.11. The summed E-state index contributed by atoms with van der Waals surface area (Å²) in [7, 11) is 0. The predicted molar refractivity (Wildman–Crippen MR) is 87.9 cm³/mol. The van der Waals surface area contributed by atoms with Gasteiger partial charge < -0.3 is 4.74 Å². The first kappa shape index (κ1) is 15.8. The van der Waals surface area contributed by atoms with Crippen molar-refractivity contribution in [3.05, 3.63) is 35.9 Å². The van der Waals surface area contributed by atoms with Crippen LogP contribution in [0.25, 0.3) is 5.57 Å². The molecule has 0 N–H and O–H groups in total. The van der Waals surface area contributed by atoms with Crippen LogP contribution in [-0.2, 0) is 0 Å². The highest BCUT2D eigenvalue weighted by Crippen LogP contribution is 2.39. The molecular formula is C19H26O2. The zero-order valence-corrected chi connectivity index (χ0v) is 13.3. The van der Waals surface area contributed by atoms with Crippen molar-refractivity contribution in [1.82, 2.24) is 0 Å². The molecule has 0 saturated heterocycles. The van der Waals surface area contributed by atoms with Crippen LogP contribution >= 0.6 is 0 Å². The second-order valence-corrected chi connectivity index (χ2v) is 5.96. The van der Waals surface area contributed by atoms with Crippen molar-refractivity contribution in [3.8, 4) is 5.75 Å². The van der Waals surface area contributed by atoms with E-state index in [4.69, 9.17) is 4.74 Å². The number of hydrogen-bond donors (Lipinski definition) is 0.